The Balaban J connectivity index is 2.02. The summed E-state index contributed by atoms with van der Waals surface area (Å²) in [5.74, 6) is 0. The van der Waals surface area contributed by atoms with Crippen LogP contribution in [0.1, 0.15) is 23.1 Å². The van der Waals surface area contributed by atoms with Crippen LogP contribution < -0.4 is 5.32 Å². The molecule has 1 saturated heterocycles. The van der Waals surface area contributed by atoms with Crippen LogP contribution in [0.3, 0.4) is 0 Å². The third kappa shape index (κ3) is 2.16. The van der Waals surface area contributed by atoms with Crippen LogP contribution in [0, 0.1) is 0 Å². The summed E-state index contributed by atoms with van der Waals surface area (Å²) in [5, 5.41) is 13.4. The predicted octanol–water partition coefficient (Wildman–Crippen LogP) is 1.58. The summed E-state index contributed by atoms with van der Waals surface area (Å²) >= 11 is 1.83. The molecule has 2 N–H and O–H groups in total. The Morgan fingerprint density at radius 2 is 2.29 bits per heavy atom. The maximum atomic E-state index is 10.2. The summed E-state index contributed by atoms with van der Waals surface area (Å²) in [7, 11) is 0. The minimum Gasteiger partial charge on any atom is -0.388 e. The van der Waals surface area contributed by atoms with Crippen LogP contribution in [0.25, 0.3) is 0 Å². The van der Waals surface area contributed by atoms with Crippen molar-refractivity contribution in [2.24, 2.45) is 0 Å². The van der Waals surface area contributed by atoms with Crippen LogP contribution in [0.5, 0.6) is 0 Å². The summed E-state index contributed by atoms with van der Waals surface area (Å²) in [5.41, 5.74) is -0.490. The largest absolute Gasteiger partial charge is 0.388 e. The molecule has 0 spiro atoms. The summed E-state index contributed by atoms with van der Waals surface area (Å²) in [6.45, 7) is 3.86. The number of rotatable bonds is 3. The molecule has 1 aromatic rings. The molecule has 1 atom stereocenters. The first-order chi connectivity index (χ1) is 6.72. The van der Waals surface area contributed by atoms with Gasteiger partial charge < -0.3 is 10.4 Å². The van der Waals surface area contributed by atoms with Crippen LogP contribution in [0.15, 0.2) is 12.1 Å². The fraction of sp³-hybridized carbons (Fsp3) is 0.636. The van der Waals surface area contributed by atoms with Crippen molar-refractivity contribution in [3.05, 3.63) is 21.9 Å². The van der Waals surface area contributed by atoms with Crippen molar-refractivity contribution in [2.75, 3.05) is 13.1 Å². The normalized spacial score (nSPS) is 27.0. The van der Waals surface area contributed by atoms with E-state index in [1.807, 2.05) is 11.3 Å². The average molecular weight is 211 g/mol. The highest BCUT2D eigenvalue weighted by Crippen LogP contribution is 2.25. The van der Waals surface area contributed by atoms with Gasteiger partial charge in [-0.2, -0.15) is 0 Å². The van der Waals surface area contributed by atoms with Gasteiger partial charge >= 0.3 is 0 Å². The molecule has 1 aliphatic rings. The Bertz CT molecular complexity index is 302. The van der Waals surface area contributed by atoms with Gasteiger partial charge in [0.1, 0.15) is 0 Å². The summed E-state index contributed by atoms with van der Waals surface area (Å²) in [6, 6.07) is 4.32. The van der Waals surface area contributed by atoms with E-state index in [0.29, 0.717) is 0 Å². The number of hydrogen-bond acceptors (Lipinski definition) is 3. The first-order valence-corrected chi connectivity index (χ1v) is 6.04. The van der Waals surface area contributed by atoms with Crippen LogP contribution in [0.4, 0.5) is 0 Å². The van der Waals surface area contributed by atoms with Gasteiger partial charge in [-0.1, -0.05) is 6.92 Å². The van der Waals surface area contributed by atoms with Gasteiger partial charge in [-0.3, -0.25) is 0 Å². The molecule has 0 saturated carbocycles. The topological polar surface area (TPSA) is 32.3 Å². The molecule has 78 valence electrons. The molecule has 0 aromatic carbocycles. The van der Waals surface area contributed by atoms with Crippen molar-refractivity contribution < 1.29 is 5.11 Å². The van der Waals surface area contributed by atoms with Crippen LogP contribution >= 0.6 is 11.3 Å². The fourth-order valence-corrected chi connectivity index (χ4v) is 3.01. The summed E-state index contributed by atoms with van der Waals surface area (Å²) < 4.78 is 0. The fourth-order valence-electron chi connectivity index (χ4n) is 1.91. The van der Waals surface area contributed by atoms with Crippen LogP contribution in [0.2, 0.25) is 0 Å². The third-order valence-electron chi connectivity index (χ3n) is 2.79. The SMILES string of the molecule is CCc1ccc(CC2(O)CCNC2)s1. The number of β-amino-alcohol motifs (C(OH)–C–C–N with tert-alkyl or cyclic N) is 1. The average Bonchev–Trinajstić information content (AvgIpc) is 2.75. The minimum absolute atomic E-state index is 0.490. The second kappa shape index (κ2) is 4.01. The first-order valence-electron chi connectivity index (χ1n) is 5.22. The first kappa shape index (κ1) is 10.1. The van der Waals surface area contributed by atoms with Gasteiger partial charge in [-0.25, -0.2) is 0 Å². The molecule has 1 aromatic heterocycles. The van der Waals surface area contributed by atoms with Gasteiger partial charge in [-0.05, 0) is 31.5 Å². The standard InChI is InChI=1S/C11H17NOS/c1-2-9-3-4-10(14-9)7-11(13)5-6-12-8-11/h3-4,12-13H,2,5-8H2,1H3. The number of aliphatic hydroxyl groups is 1. The molecule has 0 radical (unpaired) electrons. The Morgan fingerprint density at radius 3 is 2.86 bits per heavy atom. The summed E-state index contributed by atoms with van der Waals surface area (Å²) in [4.78, 5) is 2.72. The van der Waals surface area contributed by atoms with E-state index in [9.17, 15) is 5.11 Å². The molecule has 2 rings (SSSR count). The highest BCUT2D eigenvalue weighted by atomic mass is 32.1. The number of thiophene rings is 1. The monoisotopic (exact) mass is 211 g/mol. The van der Waals surface area contributed by atoms with E-state index in [1.165, 1.54) is 9.75 Å². The molecule has 1 fully saturated rings. The number of hydrogen-bond donors (Lipinski definition) is 2. The molecule has 1 unspecified atom stereocenters. The van der Waals surface area contributed by atoms with Crippen LogP contribution in [-0.2, 0) is 12.8 Å². The quantitative estimate of drug-likeness (QED) is 0.795. The van der Waals surface area contributed by atoms with Gasteiger partial charge in [0, 0.05) is 22.7 Å². The van der Waals surface area contributed by atoms with Crippen molar-refractivity contribution in [1.82, 2.24) is 5.32 Å². The maximum Gasteiger partial charge on any atom is 0.0831 e. The highest BCUT2D eigenvalue weighted by Gasteiger charge is 2.31. The second-order valence-corrected chi connectivity index (χ2v) is 5.30. The molecule has 0 amide bonds. The lowest BCUT2D eigenvalue weighted by molar-refractivity contribution is 0.0627. The molecule has 14 heavy (non-hydrogen) atoms. The number of nitrogens with one attached hydrogen (secondary N) is 1. The second-order valence-electron chi connectivity index (χ2n) is 4.05. The molecule has 0 aliphatic carbocycles. The molecular weight excluding hydrogens is 194 g/mol. The Kier molecular flexibility index (Phi) is 2.91. The van der Waals surface area contributed by atoms with Gasteiger partial charge in [0.05, 0.1) is 5.60 Å². The third-order valence-corrected chi connectivity index (χ3v) is 4.02. The zero-order valence-electron chi connectivity index (χ0n) is 8.55. The van der Waals surface area contributed by atoms with Crippen molar-refractivity contribution in [1.29, 1.82) is 0 Å². The van der Waals surface area contributed by atoms with E-state index >= 15 is 0 Å². The van der Waals surface area contributed by atoms with E-state index in [1.54, 1.807) is 0 Å². The smallest absolute Gasteiger partial charge is 0.0831 e. The predicted molar refractivity (Wildman–Crippen MR) is 59.8 cm³/mol. The van der Waals surface area contributed by atoms with E-state index in [0.717, 1.165) is 32.4 Å². The van der Waals surface area contributed by atoms with E-state index < -0.39 is 5.60 Å². The molecule has 1 aliphatic heterocycles. The lowest BCUT2D eigenvalue weighted by atomic mass is 9.98. The van der Waals surface area contributed by atoms with E-state index in [4.69, 9.17) is 0 Å². The van der Waals surface area contributed by atoms with E-state index in [-0.39, 0.29) is 0 Å². The van der Waals surface area contributed by atoms with E-state index in [2.05, 4.69) is 24.4 Å². The molecule has 2 heterocycles. The van der Waals surface area contributed by atoms with Gasteiger partial charge in [0.2, 0.25) is 0 Å². The van der Waals surface area contributed by atoms with Gasteiger partial charge in [0.25, 0.3) is 0 Å². The molecule has 3 heteroatoms. The molecule has 2 nitrogen and oxygen atoms in total. The Hall–Kier alpha value is -0.380. The molecular formula is C11H17NOS. The highest BCUT2D eigenvalue weighted by molar-refractivity contribution is 7.12. The zero-order valence-corrected chi connectivity index (χ0v) is 9.36. The van der Waals surface area contributed by atoms with Crippen molar-refractivity contribution in [2.45, 2.75) is 31.8 Å². The van der Waals surface area contributed by atoms with Crippen molar-refractivity contribution >= 4 is 11.3 Å². The van der Waals surface area contributed by atoms with Crippen molar-refractivity contribution in [3.8, 4) is 0 Å². The maximum absolute atomic E-state index is 10.2. The van der Waals surface area contributed by atoms with Gasteiger partial charge in [0.15, 0.2) is 0 Å². The van der Waals surface area contributed by atoms with Gasteiger partial charge in [-0.15, -0.1) is 11.3 Å². The minimum atomic E-state index is -0.490. The van der Waals surface area contributed by atoms with Crippen LogP contribution in [-0.4, -0.2) is 23.8 Å². The summed E-state index contributed by atoms with van der Waals surface area (Å²) in [6.07, 6.45) is 2.79. The van der Waals surface area contributed by atoms with Crippen molar-refractivity contribution in [3.63, 3.8) is 0 Å². The Labute approximate surface area is 89.0 Å². The lowest BCUT2D eigenvalue weighted by Crippen LogP contribution is -2.33. The number of aryl methyl sites for hydroxylation is 1. The zero-order chi connectivity index (χ0) is 10.0. The Morgan fingerprint density at radius 1 is 1.50 bits per heavy atom. The molecule has 0 bridgehead atoms. The lowest BCUT2D eigenvalue weighted by Gasteiger charge is -2.19.